The zero-order chi connectivity index (χ0) is 17.5. The first kappa shape index (κ1) is 19.1. The molecule has 0 saturated carbocycles. The molecule has 1 rings (SSSR count). The van der Waals surface area contributed by atoms with Crippen molar-refractivity contribution in [1.82, 2.24) is 10.2 Å². The predicted octanol–water partition coefficient (Wildman–Crippen LogP) is 1.43. The molecule has 0 aliphatic carbocycles. The quantitative estimate of drug-likeness (QED) is 0.676. The van der Waals surface area contributed by atoms with E-state index in [-0.39, 0.29) is 11.8 Å². The largest absolute Gasteiger partial charge is 0.351 e. The number of rotatable bonds is 8. The highest BCUT2D eigenvalue weighted by Gasteiger charge is 2.21. The summed E-state index contributed by atoms with van der Waals surface area (Å²) in [5.41, 5.74) is 5.85. The average Bonchev–Trinajstić information content (AvgIpc) is 2.50. The molecule has 0 spiro atoms. The summed E-state index contributed by atoms with van der Waals surface area (Å²) < 4.78 is 0. The number of carbonyl (C=O) groups is 2. The van der Waals surface area contributed by atoms with Crippen LogP contribution in [-0.4, -0.2) is 48.4 Å². The van der Waals surface area contributed by atoms with Gasteiger partial charge in [-0.3, -0.25) is 9.59 Å². The molecule has 128 valence electrons. The van der Waals surface area contributed by atoms with E-state index in [0.717, 1.165) is 19.6 Å². The highest BCUT2D eigenvalue weighted by Crippen LogP contribution is 2.12. The van der Waals surface area contributed by atoms with Crippen molar-refractivity contribution in [1.29, 1.82) is 0 Å². The maximum Gasteiger partial charge on any atom is 0.251 e. The molecule has 0 aliphatic heterocycles. The van der Waals surface area contributed by atoms with Crippen LogP contribution in [0.4, 0.5) is 5.69 Å². The maximum absolute atomic E-state index is 12.2. The predicted molar refractivity (Wildman–Crippen MR) is 93.5 cm³/mol. The number of likely N-dealkylation sites (N-methyl/N-ethyl adjacent to an activating group) is 1. The van der Waals surface area contributed by atoms with Crippen LogP contribution in [0, 0.1) is 0 Å². The van der Waals surface area contributed by atoms with E-state index in [2.05, 4.69) is 29.4 Å². The van der Waals surface area contributed by atoms with Crippen LogP contribution in [0.5, 0.6) is 0 Å². The second kappa shape index (κ2) is 8.64. The Kier molecular flexibility index (Phi) is 7.19. The Bertz CT molecular complexity index is 534. The molecule has 0 atom stereocenters. The first-order chi connectivity index (χ1) is 10.8. The number of nitrogens with two attached hydrogens (primary N) is 1. The molecule has 2 amide bonds. The van der Waals surface area contributed by atoms with Gasteiger partial charge in [-0.2, -0.15) is 0 Å². The van der Waals surface area contributed by atoms with E-state index in [1.165, 1.54) is 0 Å². The molecule has 0 radical (unpaired) electrons. The molecule has 0 saturated heterocycles. The Morgan fingerprint density at radius 2 is 1.87 bits per heavy atom. The van der Waals surface area contributed by atoms with E-state index in [0.29, 0.717) is 17.8 Å². The second-order valence-corrected chi connectivity index (χ2v) is 6.04. The Morgan fingerprint density at radius 1 is 1.22 bits per heavy atom. The lowest BCUT2D eigenvalue weighted by Gasteiger charge is -2.19. The van der Waals surface area contributed by atoms with Crippen LogP contribution in [0.15, 0.2) is 24.3 Å². The van der Waals surface area contributed by atoms with Gasteiger partial charge in [-0.25, -0.2) is 0 Å². The van der Waals surface area contributed by atoms with Crippen LogP contribution in [0.2, 0.25) is 0 Å². The van der Waals surface area contributed by atoms with Crippen molar-refractivity contribution >= 4 is 17.5 Å². The monoisotopic (exact) mass is 320 g/mol. The Balaban J connectivity index is 2.62. The lowest BCUT2D eigenvalue weighted by Crippen LogP contribution is -2.45. The maximum atomic E-state index is 12.2. The van der Waals surface area contributed by atoms with Crippen LogP contribution in [0.25, 0.3) is 0 Å². The third-order valence-corrected chi connectivity index (χ3v) is 3.58. The minimum Gasteiger partial charge on any atom is -0.351 e. The third-order valence-electron chi connectivity index (χ3n) is 3.58. The molecule has 4 N–H and O–H groups in total. The Hall–Kier alpha value is -1.92. The molecule has 6 nitrogen and oxygen atoms in total. The van der Waals surface area contributed by atoms with E-state index in [1.54, 1.807) is 38.1 Å². The normalized spacial score (nSPS) is 11.4. The Morgan fingerprint density at radius 3 is 2.43 bits per heavy atom. The number of amides is 2. The first-order valence-electron chi connectivity index (χ1n) is 7.98. The highest BCUT2D eigenvalue weighted by atomic mass is 16.2. The van der Waals surface area contributed by atoms with Crippen LogP contribution >= 0.6 is 0 Å². The van der Waals surface area contributed by atoms with Gasteiger partial charge in [0.25, 0.3) is 5.91 Å². The van der Waals surface area contributed by atoms with Gasteiger partial charge in [-0.15, -0.1) is 0 Å². The fraction of sp³-hybridized carbons (Fsp3) is 0.529. The minimum atomic E-state index is -0.970. The summed E-state index contributed by atoms with van der Waals surface area (Å²) in [7, 11) is 0. The van der Waals surface area contributed by atoms with Gasteiger partial charge in [0.1, 0.15) is 0 Å². The van der Waals surface area contributed by atoms with Crippen LogP contribution in [0.3, 0.4) is 0 Å². The van der Waals surface area contributed by atoms with Crippen LogP contribution < -0.4 is 16.4 Å². The van der Waals surface area contributed by atoms with Crippen molar-refractivity contribution in [3.63, 3.8) is 0 Å². The van der Waals surface area contributed by atoms with Gasteiger partial charge in [-0.05, 0) is 45.1 Å². The first-order valence-corrected chi connectivity index (χ1v) is 7.98. The van der Waals surface area contributed by atoms with Crippen LogP contribution in [0.1, 0.15) is 38.1 Å². The molecule has 6 heteroatoms. The van der Waals surface area contributed by atoms with Gasteiger partial charge in [0.15, 0.2) is 0 Å². The van der Waals surface area contributed by atoms with Gasteiger partial charge in [0, 0.05) is 24.3 Å². The van der Waals surface area contributed by atoms with Gasteiger partial charge >= 0.3 is 0 Å². The third kappa shape index (κ3) is 6.38. The molecular formula is C17H28N4O2. The molecule has 0 fully saturated rings. The lowest BCUT2D eigenvalue weighted by molar-refractivity contribution is -0.120. The van der Waals surface area contributed by atoms with Crippen molar-refractivity contribution in [2.75, 3.05) is 31.5 Å². The molecular weight excluding hydrogens is 292 g/mol. The van der Waals surface area contributed by atoms with E-state index >= 15 is 0 Å². The van der Waals surface area contributed by atoms with Crippen molar-refractivity contribution < 1.29 is 9.59 Å². The van der Waals surface area contributed by atoms with E-state index in [1.807, 2.05) is 0 Å². The van der Waals surface area contributed by atoms with E-state index in [4.69, 9.17) is 5.73 Å². The number of hydrogen-bond donors (Lipinski definition) is 3. The average molecular weight is 320 g/mol. The summed E-state index contributed by atoms with van der Waals surface area (Å²) in [5, 5.41) is 5.61. The molecule has 1 aromatic carbocycles. The number of nitrogens with one attached hydrogen (secondary N) is 2. The van der Waals surface area contributed by atoms with Crippen molar-refractivity contribution in [2.45, 2.75) is 33.2 Å². The van der Waals surface area contributed by atoms with Crippen molar-refractivity contribution in [3.05, 3.63) is 29.8 Å². The standard InChI is InChI=1S/C17H28N4O2/c1-5-21(6-2)11-10-19-15(22)13-8-7-9-14(12-13)20-16(23)17(3,4)18/h7-9,12H,5-6,10-11,18H2,1-4H3,(H,19,22)(H,20,23). The number of benzene rings is 1. The second-order valence-electron chi connectivity index (χ2n) is 6.04. The van der Waals surface area contributed by atoms with Crippen LogP contribution in [-0.2, 0) is 4.79 Å². The van der Waals surface area contributed by atoms with Gasteiger partial charge in [0.2, 0.25) is 5.91 Å². The van der Waals surface area contributed by atoms with Gasteiger partial charge < -0.3 is 21.3 Å². The molecule has 0 aliphatic rings. The molecule has 0 unspecified atom stereocenters. The van der Waals surface area contributed by atoms with Crippen molar-refractivity contribution in [2.24, 2.45) is 5.73 Å². The minimum absolute atomic E-state index is 0.153. The highest BCUT2D eigenvalue weighted by molar-refractivity contribution is 5.99. The topological polar surface area (TPSA) is 87.5 Å². The summed E-state index contributed by atoms with van der Waals surface area (Å²) in [6, 6.07) is 6.83. The molecule has 0 bridgehead atoms. The number of carbonyl (C=O) groups excluding carboxylic acids is 2. The fourth-order valence-corrected chi connectivity index (χ4v) is 2.00. The SMILES string of the molecule is CCN(CC)CCNC(=O)c1cccc(NC(=O)C(C)(C)N)c1. The molecule has 1 aromatic rings. The number of hydrogen-bond acceptors (Lipinski definition) is 4. The van der Waals surface area contributed by atoms with Gasteiger partial charge in [0.05, 0.1) is 5.54 Å². The lowest BCUT2D eigenvalue weighted by atomic mass is 10.1. The fourth-order valence-electron chi connectivity index (χ4n) is 2.00. The zero-order valence-corrected chi connectivity index (χ0v) is 14.5. The summed E-state index contributed by atoms with van der Waals surface area (Å²) in [5.74, 6) is -0.447. The zero-order valence-electron chi connectivity index (χ0n) is 14.5. The summed E-state index contributed by atoms with van der Waals surface area (Å²) in [6.45, 7) is 10.8. The summed E-state index contributed by atoms with van der Waals surface area (Å²) >= 11 is 0. The Labute approximate surface area is 138 Å². The number of anilines is 1. The summed E-state index contributed by atoms with van der Waals surface area (Å²) in [4.78, 5) is 26.3. The smallest absolute Gasteiger partial charge is 0.251 e. The van der Waals surface area contributed by atoms with Crippen molar-refractivity contribution in [3.8, 4) is 0 Å². The van der Waals surface area contributed by atoms with E-state index in [9.17, 15) is 9.59 Å². The summed E-state index contributed by atoms with van der Waals surface area (Å²) in [6.07, 6.45) is 0. The molecule has 23 heavy (non-hydrogen) atoms. The molecule has 0 heterocycles. The molecule has 0 aromatic heterocycles. The van der Waals surface area contributed by atoms with Gasteiger partial charge in [-0.1, -0.05) is 19.9 Å². The number of nitrogens with zero attached hydrogens (tertiary/aromatic N) is 1. The van der Waals surface area contributed by atoms with E-state index < -0.39 is 5.54 Å².